The minimum Gasteiger partial charge on any atom is -0.451 e. The van der Waals surface area contributed by atoms with E-state index in [1.165, 1.54) is 31.2 Å². The lowest BCUT2D eigenvalue weighted by atomic mass is 10.1. The quantitative estimate of drug-likeness (QED) is 0.565. The first-order valence-electron chi connectivity index (χ1n) is 9.08. The van der Waals surface area contributed by atoms with Crippen LogP contribution in [0, 0.1) is 13.8 Å². The fourth-order valence-corrected chi connectivity index (χ4v) is 3.87. The number of Topliss-reactive ketones (excluding diaryl/α,β-unsaturated/α-hetero) is 1. The average Bonchev–Trinajstić information content (AvgIpc) is 3.38. The van der Waals surface area contributed by atoms with Gasteiger partial charge in [-0.05, 0) is 63.9 Å². The van der Waals surface area contributed by atoms with Crippen molar-refractivity contribution < 1.29 is 22.7 Å². The Morgan fingerprint density at radius 2 is 1.79 bits per heavy atom. The highest BCUT2D eigenvalue weighted by molar-refractivity contribution is 7.92. The summed E-state index contributed by atoms with van der Waals surface area (Å²) in [6.07, 6.45) is 2.33. The van der Waals surface area contributed by atoms with E-state index in [2.05, 4.69) is 9.29 Å². The van der Waals surface area contributed by atoms with E-state index in [1.54, 1.807) is 6.07 Å². The summed E-state index contributed by atoms with van der Waals surface area (Å²) in [6.45, 7) is 5.38. The molecule has 1 heterocycles. The third-order valence-electron chi connectivity index (χ3n) is 4.74. The lowest BCUT2D eigenvalue weighted by Crippen LogP contribution is -2.24. The Hall–Kier alpha value is -2.61. The molecule has 0 amide bonds. The number of carbonyl (C=O) groups is 2. The van der Waals surface area contributed by atoms with Gasteiger partial charge in [0.15, 0.2) is 6.10 Å². The minimum absolute atomic E-state index is 0.336. The summed E-state index contributed by atoms with van der Waals surface area (Å²) in [7, 11) is -3.39. The van der Waals surface area contributed by atoms with Gasteiger partial charge in [-0.3, -0.25) is 9.52 Å². The molecule has 0 spiro atoms. The molecule has 3 rings (SSSR count). The number of aryl methyl sites for hydroxylation is 1. The standard InChI is InChI=1S/C20H24N2O5S/c1-12-11-18(13(2)22(12)17-9-10-17)20(24)27-14(3)19(23)15-5-7-16(8-6-15)21-28(4,25)26/h5-8,11,14,17,21H,9-10H2,1-4H3. The SMILES string of the molecule is Cc1cc(C(=O)OC(C)C(=O)c2ccc(NS(C)(=O)=O)cc2)c(C)n1C1CC1. The molecule has 1 N–H and O–H groups in total. The van der Waals surface area contributed by atoms with Crippen LogP contribution >= 0.6 is 0 Å². The van der Waals surface area contributed by atoms with E-state index >= 15 is 0 Å². The molecule has 2 aromatic rings. The van der Waals surface area contributed by atoms with Crippen LogP contribution in [0.25, 0.3) is 0 Å². The van der Waals surface area contributed by atoms with Crippen molar-refractivity contribution in [3.05, 3.63) is 52.8 Å². The maximum absolute atomic E-state index is 12.6. The molecular formula is C20H24N2O5S. The minimum atomic E-state index is -3.39. The van der Waals surface area contributed by atoms with Crippen molar-refractivity contribution in [3.8, 4) is 0 Å². The molecule has 0 radical (unpaired) electrons. The van der Waals surface area contributed by atoms with Gasteiger partial charge in [0, 0.05) is 28.7 Å². The first-order chi connectivity index (χ1) is 13.1. The summed E-state index contributed by atoms with van der Waals surface area (Å²) in [5.41, 5.74) is 3.05. The highest BCUT2D eigenvalue weighted by Gasteiger charge is 2.29. The highest BCUT2D eigenvalue weighted by atomic mass is 32.2. The summed E-state index contributed by atoms with van der Waals surface area (Å²) in [6, 6.07) is 8.25. The van der Waals surface area contributed by atoms with Gasteiger partial charge in [0.25, 0.3) is 0 Å². The molecule has 1 atom stereocenters. The second-order valence-electron chi connectivity index (χ2n) is 7.25. The van der Waals surface area contributed by atoms with Crippen LogP contribution in [0.5, 0.6) is 0 Å². The maximum atomic E-state index is 12.6. The molecule has 0 aliphatic heterocycles. The van der Waals surface area contributed by atoms with Gasteiger partial charge in [-0.15, -0.1) is 0 Å². The first kappa shape index (κ1) is 20.1. The van der Waals surface area contributed by atoms with Crippen LogP contribution in [0.1, 0.15) is 57.9 Å². The molecule has 1 aromatic carbocycles. The predicted molar refractivity (Wildman–Crippen MR) is 106 cm³/mol. The molecule has 0 saturated heterocycles. The van der Waals surface area contributed by atoms with Crippen LogP contribution in [0.15, 0.2) is 30.3 Å². The molecule has 1 aromatic heterocycles. The molecule has 0 bridgehead atoms. The molecule has 1 fully saturated rings. The number of ketones is 1. The molecule has 150 valence electrons. The van der Waals surface area contributed by atoms with Crippen molar-refractivity contribution >= 4 is 27.5 Å². The molecule has 8 heteroatoms. The number of carbonyl (C=O) groups excluding carboxylic acids is 2. The number of hydrogen-bond donors (Lipinski definition) is 1. The van der Waals surface area contributed by atoms with E-state index < -0.39 is 22.1 Å². The number of nitrogens with zero attached hydrogens (tertiary/aromatic N) is 1. The number of rotatable bonds is 7. The van der Waals surface area contributed by atoms with Gasteiger partial charge < -0.3 is 9.30 Å². The summed E-state index contributed by atoms with van der Waals surface area (Å²) < 4.78 is 32.4. The van der Waals surface area contributed by atoms with Gasteiger partial charge in [-0.25, -0.2) is 13.2 Å². The number of ether oxygens (including phenoxy) is 1. The summed E-state index contributed by atoms with van der Waals surface area (Å²) >= 11 is 0. The Balaban J connectivity index is 1.69. The van der Waals surface area contributed by atoms with Crippen molar-refractivity contribution in [3.63, 3.8) is 0 Å². The number of esters is 1. The number of sulfonamides is 1. The lowest BCUT2D eigenvalue weighted by molar-refractivity contribution is 0.0318. The van der Waals surface area contributed by atoms with Gasteiger partial charge in [0.1, 0.15) is 0 Å². The van der Waals surface area contributed by atoms with Gasteiger partial charge in [-0.1, -0.05) is 0 Å². The van der Waals surface area contributed by atoms with Crippen molar-refractivity contribution in [2.24, 2.45) is 0 Å². The number of anilines is 1. The zero-order valence-corrected chi connectivity index (χ0v) is 17.2. The number of nitrogens with one attached hydrogen (secondary N) is 1. The normalized spacial score (nSPS) is 15.1. The van der Waals surface area contributed by atoms with Crippen molar-refractivity contribution in [1.82, 2.24) is 4.57 Å². The molecule has 1 aliphatic rings. The Labute approximate surface area is 164 Å². The zero-order valence-electron chi connectivity index (χ0n) is 16.4. The maximum Gasteiger partial charge on any atom is 0.340 e. The van der Waals surface area contributed by atoms with E-state index in [9.17, 15) is 18.0 Å². The fraction of sp³-hybridized carbons (Fsp3) is 0.400. The molecule has 1 aliphatic carbocycles. The van der Waals surface area contributed by atoms with Crippen molar-refractivity contribution in [2.45, 2.75) is 45.8 Å². The molecule has 28 heavy (non-hydrogen) atoms. The number of benzene rings is 1. The Morgan fingerprint density at radius 3 is 2.32 bits per heavy atom. The van der Waals surface area contributed by atoms with Crippen molar-refractivity contribution in [1.29, 1.82) is 0 Å². The molecule has 7 nitrogen and oxygen atoms in total. The molecular weight excluding hydrogens is 380 g/mol. The van der Waals surface area contributed by atoms with Crippen LogP contribution in [0.2, 0.25) is 0 Å². The predicted octanol–water partition coefficient (Wildman–Crippen LogP) is 3.24. The Morgan fingerprint density at radius 1 is 1.18 bits per heavy atom. The van der Waals surface area contributed by atoms with E-state index in [1.807, 2.05) is 13.8 Å². The van der Waals surface area contributed by atoms with E-state index in [0.717, 1.165) is 30.5 Å². The summed E-state index contributed by atoms with van der Waals surface area (Å²) in [5.74, 6) is -0.869. The molecule has 1 saturated carbocycles. The van der Waals surface area contributed by atoms with Gasteiger partial charge in [0.2, 0.25) is 15.8 Å². The Kier molecular flexibility index (Phi) is 5.34. The van der Waals surface area contributed by atoms with E-state index in [0.29, 0.717) is 22.9 Å². The van der Waals surface area contributed by atoms with E-state index in [4.69, 9.17) is 4.74 Å². The number of hydrogen-bond acceptors (Lipinski definition) is 5. The van der Waals surface area contributed by atoms with Crippen LogP contribution in [-0.4, -0.2) is 37.1 Å². The first-order valence-corrected chi connectivity index (χ1v) is 11.0. The second kappa shape index (κ2) is 7.43. The smallest absolute Gasteiger partial charge is 0.340 e. The van der Waals surface area contributed by atoms with Crippen LogP contribution in [0.3, 0.4) is 0 Å². The monoisotopic (exact) mass is 404 g/mol. The van der Waals surface area contributed by atoms with E-state index in [-0.39, 0.29) is 5.78 Å². The number of aromatic nitrogens is 1. The third kappa shape index (κ3) is 4.44. The zero-order chi connectivity index (χ0) is 20.6. The van der Waals surface area contributed by atoms with Crippen molar-refractivity contribution in [2.75, 3.05) is 11.0 Å². The van der Waals surface area contributed by atoms with Crippen LogP contribution < -0.4 is 4.72 Å². The van der Waals surface area contributed by atoms with Gasteiger partial charge >= 0.3 is 5.97 Å². The van der Waals surface area contributed by atoms with Crippen LogP contribution in [0.4, 0.5) is 5.69 Å². The van der Waals surface area contributed by atoms with Crippen LogP contribution in [-0.2, 0) is 14.8 Å². The summed E-state index contributed by atoms with van der Waals surface area (Å²) in [5, 5.41) is 0. The lowest BCUT2D eigenvalue weighted by Gasteiger charge is -2.13. The third-order valence-corrected chi connectivity index (χ3v) is 5.35. The molecule has 1 unspecified atom stereocenters. The van der Waals surface area contributed by atoms with Gasteiger partial charge in [-0.2, -0.15) is 0 Å². The van der Waals surface area contributed by atoms with Gasteiger partial charge in [0.05, 0.1) is 11.8 Å². The second-order valence-corrected chi connectivity index (χ2v) is 9.00. The summed E-state index contributed by atoms with van der Waals surface area (Å²) in [4.78, 5) is 25.1. The highest BCUT2D eigenvalue weighted by Crippen LogP contribution is 2.38. The average molecular weight is 404 g/mol. The Bertz CT molecular complexity index is 1020. The largest absolute Gasteiger partial charge is 0.451 e. The topological polar surface area (TPSA) is 94.5 Å². The fourth-order valence-electron chi connectivity index (χ4n) is 3.31.